The molecule has 1 aliphatic rings. The molecule has 0 atom stereocenters. The first kappa shape index (κ1) is 19.2. The molecule has 6 heteroatoms. The largest absolute Gasteiger partial charge is 0.346 e. The number of fused-ring (bicyclic) bond motifs is 2. The van der Waals surface area contributed by atoms with Crippen molar-refractivity contribution in [3.05, 3.63) is 92.0 Å². The Labute approximate surface area is 184 Å². The van der Waals surface area contributed by atoms with E-state index in [1.807, 2.05) is 41.8 Å². The van der Waals surface area contributed by atoms with E-state index in [-0.39, 0.29) is 5.91 Å². The molecule has 5 rings (SSSR count). The van der Waals surface area contributed by atoms with Crippen LogP contribution < -0.4 is 5.32 Å². The molecule has 1 aliphatic carbocycles. The van der Waals surface area contributed by atoms with Crippen LogP contribution in [0.15, 0.2) is 53.9 Å². The van der Waals surface area contributed by atoms with Gasteiger partial charge in [-0.05, 0) is 48.6 Å². The number of aromatic nitrogens is 2. The predicted octanol–water partition coefficient (Wildman–Crippen LogP) is 5.35. The summed E-state index contributed by atoms with van der Waals surface area (Å²) in [4.78, 5) is 22.6. The van der Waals surface area contributed by atoms with Crippen molar-refractivity contribution in [1.29, 1.82) is 0 Å². The average molecular weight is 434 g/mol. The van der Waals surface area contributed by atoms with Crippen LogP contribution in [0, 0.1) is 0 Å². The molecule has 2 aromatic heterocycles. The zero-order chi connectivity index (χ0) is 20.5. The average Bonchev–Trinajstić information content (AvgIpc) is 3.40. The van der Waals surface area contributed by atoms with E-state index in [9.17, 15) is 4.79 Å². The van der Waals surface area contributed by atoms with Crippen LogP contribution in [0.4, 0.5) is 0 Å². The lowest BCUT2D eigenvalue weighted by molar-refractivity contribution is 0.0951. The molecule has 0 bridgehead atoms. The molecular formula is C24H20ClN3OS. The lowest BCUT2D eigenvalue weighted by atomic mass is 10.0. The molecule has 1 N–H and O–H groups in total. The third-order valence-corrected chi connectivity index (χ3v) is 6.56. The topological polar surface area (TPSA) is 54.9 Å². The lowest BCUT2D eigenvalue weighted by Crippen LogP contribution is -2.25. The number of nitrogens with zero attached hydrogens (tertiary/aromatic N) is 2. The summed E-state index contributed by atoms with van der Waals surface area (Å²) in [6.07, 6.45) is 3.64. The molecule has 2 aromatic carbocycles. The Morgan fingerprint density at radius 3 is 2.83 bits per heavy atom. The number of amides is 1. The molecule has 0 saturated heterocycles. The maximum Gasteiger partial charge on any atom is 0.252 e. The molecule has 1 amide bonds. The first-order chi connectivity index (χ1) is 14.7. The molecule has 0 spiro atoms. The monoisotopic (exact) mass is 433 g/mol. The van der Waals surface area contributed by atoms with Crippen molar-refractivity contribution in [3.8, 4) is 0 Å². The highest BCUT2D eigenvalue weighted by atomic mass is 35.5. The standard InChI is InChI=1S/C24H20ClN3OS/c25-16-9-10-21-19(12-16)23(18-7-4-8-20(18)28-21)24(29)26-13-17-14-30-22(27-17)11-15-5-2-1-3-6-15/h1-3,5-6,9-10,12,14H,4,7-8,11,13H2,(H,26,29). The smallest absolute Gasteiger partial charge is 0.252 e. The molecule has 150 valence electrons. The Morgan fingerprint density at radius 1 is 1.10 bits per heavy atom. The fraction of sp³-hybridized carbons (Fsp3) is 0.208. The lowest BCUT2D eigenvalue weighted by Gasteiger charge is -2.12. The maximum atomic E-state index is 13.2. The third-order valence-electron chi connectivity index (χ3n) is 5.43. The Bertz CT molecular complexity index is 1240. The van der Waals surface area contributed by atoms with Crippen LogP contribution in [0.2, 0.25) is 5.02 Å². The fourth-order valence-electron chi connectivity index (χ4n) is 4.03. The van der Waals surface area contributed by atoms with Crippen molar-refractivity contribution < 1.29 is 4.79 Å². The number of carbonyl (C=O) groups is 1. The Balaban J connectivity index is 1.36. The van der Waals surface area contributed by atoms with Gasteiger partial charge in [0.05, 0.1) is 28.3 Å². The molecule has 0 saturated carbocycles. The molecule has 4 nitrogen and oxygen atoms in total. The van der Waals surface area contributed by atoms with E-state index < -0.39 is 0 Å². The minimum absolute atomic E-state index is 0.0829. The van der Waals surface area contributed by atoms with Gasteiger partial charge in [0.15, 0.2) is 0 Å². The van der Waals surface area contributed by atoms with Gasteiger partial charge in [-0.2, -0.15) is 0 Å². The number of carbonyl (C=O) groups excluding carboxylic acids is 1. The molecule has 0 fully saturated rings. The minimum Gasteiger partial charge on any atom is -0.346 e. The Morgan fingerprint density at radius 2 is 1.97 bits per heavy atom. The Kier molecular flexibility index (Phi) is 5.23. The predicted molar refractivity (Wildman–Crippen MR) is 121 cm³/mol. The number of halogens is 1. The van der Waals surface area contributed by atoms with Gasteiger partial charge in [0.2, 0.25) is 0 Å². The number of hydrogen-bond acceptors (Lipinski definition) is 4. The summed E-state index contributed by atoms with van der Waals surface area (Å²) in [6.45, 7) is 0.406. The van der Waals surface area contributed by atoms with E-state index in [1.54, 1.807) is 11.3 Å². The van der Waals surface area contributed by atoms with Crippen LogP contribution in [0.25, 0.3) is 10.9 Å². The normalized spacial score (nSPS) is 12.8. The molecule has 0 radical (unpaired) electrons. The maximum absolute atomic E-state index is 13.2. The summed E-state index contributed by atoms with van der Waals surface area (Å²) in [5, 5.41) is 7.57. The van der Waals surface area contributed by atoms with Gasteiger partial charge in [-0.25, -0.2) is 4.98 Å². The van der Waals surface area contributed by atoms with Gasteiger partial charge in [0.25, 0.3) is 5.91 Å². The molecule has 30 heavy (non-hydrogen) atoms. The van der Waals surface area contributed by atoms with E-state index in [0.29, 0.717) is 11.6 Å². The molecular weight excluding hydrogens is 414 g/mol. The first-order valence-electron chi connectivity index (χ1n) is 10.0. The van der Waals surface area contributed by atoms with E-state index in [0.717, 1.165) is 64.1 Å². The van der Waals surface area contributed by atoms with Crippen molar-refractivity contribution in [3.63, 3.8) is 0 Å². The number of rotatable bonds is 5. The molecule has 4 aromatic rings. The van der Waals surface area contributed by atoms with E-state index in [1.165, 1.54) is 5.56 Å². The summed E-state index contributed by atoms with van der Waals surface area (Å²) in [5.74, 6) is -0.0829. The van der Waals surface area contributed by atoms with Crippen LogP contribution in [-0.4, -0.2) is 15.9 Å². The highest BCUT2D eigenvalue weighted by Gasteiger charge is 2.24. The summed E-state index contributed by atoms with van der Waals surface area (Å²) in [7, 11) is 0. The van der Waals surface area contributed by atoms with Crippen molar-refractivity contribution in [2.24, 2.45) is 0 Å². The number of thiazole rings is 1. The van der Waals surface area contributed by atoms with E-state index in [2.05, 4.69) is 17.4 Å². The van der Waals surface area contributed by atoms with Gasteiger partial charge in [0, 0.05) is 27.9 Å². The second-order valence-electron chi connectivity index (χ2n) is 7.50. The summed E-state index contributed by atoms with van der Waals surface area (Å²) in [6, 6.07) is 15.8. The zero-order valence-electron chi connectivity index (χ0n) is 16.3. The van der Waals surface area contributed by atoms with Gasteiger partial charge < -0.3 is 5.32 Å². The number of aryl methyl sites for hydroxylation is 1. The number of nitrogens with one attached hydrogen (secondary N) is 1. The zero-order valence-corrected chi connectivity index (χ0v) is 17.9. The Hall–Kier alpha value is -2.76. The van der Waals surface area contributed by atoms with Crippen molar-refractivity contribution >= 4 is 39.7 Å². The van der Waals surface area contributed by atoms with Crippen molar-refractivity contribution in [2.75, 3.05) is 0 Å². The first-order valence-corrected chi connectivity index (χ1v) is 11.3. The van der Waals surface area contributed by atoms with Gasteiger partial charge in [-0.1, -0.05) is 41.9 Å². The van der Waals surface area contributed by atoms with Gasteiger partial charge >= 0.3 is 0 Å². The highest BCUT2D eigenvalue weighted by Crippen LogP contribution is 2.31. The van der Waals surface area contributed by atoms with Crippen LogP contribution in [-0.2, 0) is 25.8 Å². The van der Waals surface area contributed by atoms with Crippen LogP contribution in [0.5, 0.6) is 0 Å². The number of pyridine rings is 1. The van der Waals surface area contributed by atoms with E-state index in [4.69, 9.17) is 21.6 Å². The van der Waals surface area contributed by atoms with Crippen LogP contribution >= 0.6 is 22.9 Å². The number of benzene rings is 2. The quantitative estimate of drug-likeness (QED) is 0.461. The third kappa shape index (κ3) is 3.83. The fourth-order valence-corrected chi connectivity index (χ4v) is 5.03. The molecule has 2 heterocycles. The van der Waals surface area contributed by atoms with Crippen molar-refractivity contribution in [2.45, 2.75) is 32.2 Å². The van der Waals surface area contributed by atoms with Gasteiger partial charge in [-0.3, -0.25) is 9.78 Å². The summed E-state index contributed by atoms with van der Waals surface area (Å²) in [5.41, 5.74) is 5.75. The van der Waals surface area contributed by atoms with Crippen LogP contribution in [0.1, 0.15) is 44.3 Å². The SMILES string of the molecule is O=C(NCc1csc(Cc2ccccc2)n1)c1c2c(nc3ccc(Cl)cc13)CCC2. The number of hydrogen-bond donors (Lipinski definition) is 1. The van der Waals surface area contributed by atoms with Gasteiger partial charge in [0.1, 0.15) is 0 Å². The minimum atomic E-state index is -0.0829. The second-order valence-corrected chi connectivity index (χ2v) is 8.88. The highest BCUT2D eigenvalue weighted by molar-refractivity contribution is 7.09. The molecule has 0 unspecified atom stereocenters. The van der Waals surface area contributed by atoms with E-state index >= 15 is 0 Å². The van der Waals surface area contributed by atoms with Crippen molar-refractivity contribution in [1.82, 2.24) is 15.3 Å². The van der Waals surface area contributed by atoms with Gasteiger partial charge in [-0.15, -0.1) is 11.3 Å². The van der Waals surface area contributed by atoms with Crippen LogP contribution in [0.3, 0.4) is 0 Å². The second kappa shape index (κ2) is 8.17. The molecule has 0 aliphatic heterocycles. The summed E-state index contributed by atoms with van der Waals surface area (Å²) < 4.78 is 0. The summed E-state index contributed by atoms with van der Waals surface area (Å²) >= 11 is 7.85.